The number of anilines is 3. The molecule has 2 heterocycles. The molecule has 10 heteroatoms. The summed E-state index contributed by atoms with van der Waals surface area (Å²) in [5.41, 5.74) is 0.757. The van der Waals surface area contributed by atoms with Crippen LogP contribution >= 0.6 is 0 Å². The fourth-order valence-electron chi connectivity index (χ4n) is 2.13. The maximum Gasteiger partial charge on any atom is 0.260 e. The van der Waals surface area contributed by atoms with Gasteiger partial charge in [-0.2, -0.15) is 10.1 Å². The topological polar surface area (TPSA) is 96.8 Å². The van der Waals surface area contributed by atoms with Gasteiger partial charge in [-0.05, 0) is 6.07 Å². The van der Waals surface area contributed by atoms with Gasteiger partial charge >= 0.3 is 0 Å². The molecule has 1 aliphatic rings. The van der Waals surface area contributed by atoms with E-state index in [-0.39, 0.29) is 13.0 Å². The maximum atomic E-state index is 12.7. The van der Waals surface area contributed by atoms with Gasteiger partial charge in [-0.15, -0.1) is 0 Å². The maximum absolute atomic E-state index is 12.7. The Morgan fingerprint density at radius 2 is 2.25 bits per heavy atom. The average Bonchev–Trinajstić information content (AvgIpc) is 2.98. The highest BCUT2D eigenvalue weighted by molar-refractivity contribution is 5.82. The predicted octanol–water partition coefficient (Wildman–Crippen LogP) is 1.14. The fourth-order valence-corrected chi connectivity index (χ4v) is 2.13. The molecule has 0 radical (unpaired) electrons. The lowest BCUT2D eigenvalue weighted by Crippen LogP contribution is -2.31. The molecule has 1 fully saturated rings. The van der Waals surface area contributed by atoms with Crippen LogP contribution in [0.5, 0.6) is 0 Å². The van der Waals surface area contributed by atoms with E-state index in [1.54, 1.807) is 36.4 Å². The number of hydrogen-bond acceptors (Lipinski definition) is 6. The molecule has 1 atom stereocenters. The average molecular weight is 337 g/mol. The number of halogens is 2. The zero-order valence-corrected chi connectivity index (χ0v) is 13.0. The second-order valence-corrected chi connectivity index (χ2v) is 5.53. The highest BCUT2D eigenvalue weighted by atomic mass is 19.3. The summed E-state index contributed by atoms with van der Waals surface area (Å²) in [6.07, 6.45) is 4.65. The quantitative estimate of drug-likeness (QED) is 0.656. The zero-order chi connectivity index (χ0) is 17.2. The predicted molar refractivity (Wildman–Crippen MR) is 83.1 cm³/mol. The van der Waals surface area contributed by atoms with Crippen molar-refractivity contribution in [3.05, 3.63) is 24.7 Å². The third-order valence-corrected chi connectivity index (χ3v) is 3.49. The van der Waals surface area contributed by atoms with Gasteiger partial charge in [0, 0.05) is 39.0 Å². The van der Waals surface area contributed by atoms with Crippen LogP contribution < -0.4 is 16.0 Å². The van der Waals surface area contributed by atoms with E-state index >= 15 is 0 Å². The second kappa shape index (κ2) is 6.38. The van der Waals surface area contributed by atoms with Crippen molar-refractivity contribution >= 4 is 23.4 Å². The number of carbonyl (C=O) groups is 1. The monoisotopic (exact) mass is 337 g/mol. The highest BCUT2D eigenvalue weighted by Crippen LogP contribution is 2.48. The van der Waals surface area contributed by atoms with Gasteiger partial charge in [0.15, 0.2) is 0 Å². The minimum atomic E-state index is -2.84. The van der Waals surface area contributed by atoms with Crippen molar-refractivity contribution in [2.75, 3.05) is 23.7 Å². The Balaban J connectivity index is 1.44. The highest BCUT2D eigenvalue weighted by Gasteiger charge is 2.61. The van der Waals surface area contributed by atoms with Crippen LogP contribution in [0.4, 0.5) is 26.2 Å². The van der Waals surface area contributed by atoms with Gasteiger partial charge < -0.3 is 16.0 Å². The van der Waals surface area contributed by atoms with Crippen molar-refractivity contribution in [2.45, 2.75) is 12.3 Å². The molecule has 24 heavy (non-hydrogen) atoms. The Labute approximate surface area is 136 Å². The van der Waals surface area contributed by atoms with Crippen molar-refractivity contribution in [3.8, 4) is 0 Å². The summed E-state index contributed by atoms with van der Waals surface area (Å²) in [6, 6.07) is 1.67. The van der Waals surface area contributed by atoms with Crippen molar-refractivity contribution in [2.24, 2.45) is 13.0 Å². The van der Waals surface area contributed by atoms with E-state index in [4.69, 9.17) is 0 Å². The lowest BCUT2D eigenvalue weighted by molar-refractivity contribution is -0.124. The summed E-state index contributed by atoms with van der Waals surface area (Å²) < 4.78 is 27.1. The van der Waals surface area contributed by atoms with E-state index in [9.17, 15) is 13.6 Å². The minimum Gasteiger partial charge on any atom is -0.368 e. The molecule has 0 spiro atoms. The largest absolute Gasteiger partial charge is 0.368 e. The summed E-state index contributed by atoms with van der Waals surface area (Å²) in [5, 5.41) is 12.5. The normalized spacial score (nSPS) is 18.0. The van der Waals surface area contributed by atoms with Gasteiger partial charge in [0.1, 0.15) is 11.7 Å². The van der Waals surface area contributed by atoms with Crippen LogP contribution in [0.15, 0.2) is 24.7 Å². The van der Waals surface area contributed by atoms with Crippen LogP contribution in [0.2, 0.25) is 0 Å². The van der Waals surface area contributed by atoms with Crippen LogP contribution in [0, 0.1) is 5.92 Å². The Hall–Kier alpha value is -2.78. The molecular weight excluding hydrogens is 320 g/mol. The number of alkyl halides is 2. The third-order valence-electron chi connectivity index (χ3n) is 3.49. The molecule has 2 aromatic rings. The molecule has 128 valence electrons. The van der Waals surface area contributed by atoms with Crippen LogP contribution in [0.3, 0.4) is 0 Å². The number of aryl methyl sites for hydroxylation is 1. The molecule has 3 N–H and O–H groups in total. The van der Waals surface area contributed by atoms with E-state index in [1.807, 2.05) is 0 Å². The lowest BCUT2D eigenvalue weighted by atomic mass is 10.4. The molecule has 0 aromatic carbocycles. The van der Waals surface area contributed by atoms with Gasteiger partial charge in [0.05, 0.1) is 11.9 Å². The standard InChI is InChI=1S/C14H17F2N7O/c1-23-8-9(7-20-23)21-13-19-3-2-11(22-13)17-4-5-18-12(24)10-6-14(10,15)16/h2-3,7-8,10H,4-6H2,1H3,(H,18,24)(H2,17,19,21,22). The molecule has 0 saturated heterocycles. The summed E-state index contributed by atoms with van der Waals surface area (Å²) in [5.74, 6) is -3.66. The fraction of sp³-hybridized carbons (Fsp3) is 0.429. The SMILES string of the molecule is Cn1cc(Nc2nccc(NCCNC(=O)C3CC3(F)F)n2)cn1. The minimum absolute atomic E-state index is 0.237. The van der Waals surface area contributed by atoms with E-state index in [1.165, 1.54) is 0 Å². The Morgan fingerprint density at radius 1 is 1.46 bits per heavy atom. The number of nitrogens with one attached hydrogen (secondary N) is 3. The lowest BCUT2D eigenvalue weighted by Gasteiger charge is -2.08. The van der Waals surface area contributed by atoms with E-state index in [0.29, 0.717) is 18.3 Å². The summed E-state index contributed by atoms with van der Waals surface area (Å²) in [7, 11) is 1.80. The van der Waals surface area contributed by atoms with Crippen LogP contribution in [0.1, 0.15) is 6.42 Å². The first-order valence-electron chi connectivity index (χ1n) is 7.42. The van der Waals surface area contributed by atoms with Crippen molar-refractivity contribution in [1.29, 1.82) is 0 Å². The summed E-state index contributed by atoms with van der Waals surface area (Å²) >= 11 is 0. The number of aromatic nitrogens is 4. The van der Waals surface area contributed by atoms with E-state index < -0.39 is 17.7 Å². The first kappa shape index (κ1) is 16.1. The molecule has 0 bridgehead atoms. The molecule has 1 saturated carbocycles. The molecule has 1 unspecified atom stereocenters. The van der Waals surface area contributed by atoms with Crippen molar-refractivity contribution < 1.29 is 13.6 Å². The Morgan fingerprint density at radius 3 is 2.92 bits per heavy atom. The molecule has 2 aromatic heterocycles. The molecule has 1 aliphatic carbocycles. The summed E-state index contributed by atoms with van der Waals surface area (Å²) in [6.45, 7) is 0.605. The molecule has 3 rings (SSSR count). The van der Waals surface area contributed by atoms with Gasteiger partial charge in [0.25, 0.3) is 5.92 Å². The van der Waals surface area contributed by atoms with Gasteiger partial charge in [-0.25, -0.2) is 13.8 Å². The first-order chi connectivity index (χ1) is 11.4. The molecular formula is C14H17F2N7O. The van der Waals surface area contributed by atoms with E-state index in [2.05, 4.69) is 31.0 Å². The third kappa shape index (κ3) is 3.94. The van der Waals surface area contributed by atoms with Crippen LogP contribution in [-0.2, 0) is 11.8 Å². The molecule has 0 aliphatic heterocycles. The van der Waals surface area contributed by atoms with Crippen LogP contribution in [-0.4, -0.2) is 44.7 Å². The zero-order valence-electron chi connectivity index (χ0n) is 13.0. The van der Waals surface area contributed by atoms with Gasteiger partial charge in [0.2, 0.25) is 11.9 Å². The summed E-state index contributed by atoms with van der Waals surface area (Å²) in [4.78, 5) is 19.8. The number of hydrogen-bond donors (Lipinski definition) is 3. The number of rotatable bonds is 7. The number of nitrogens with zero attached hydrogens (tertiary/aromatic N) is 4. The van der Waals surface area contributed by atoms with Crippen LogP contribution in [0.25, 0.3) is 0 Å². The smallest absolute Gasteiger partial charge is 0.260 e. The number of carbonyl (C=O) groups excluding carboxylic acids is 1. The van der Waals surface area contributed by atoms with Crippen molar-refractivity contribution in [3.63, 3.8) is 0 Å². The van der Waals surface area contributed by atoms with E-state index in [0.717, 1.165) is 5.69 Å². The molecule has 8 nitrogen and oxygen atoms in total. The van der Waals surface area contributed by atoms with Crippen molar-refractivity contribution in [1.82, 2.24) is 25.1 Å². The first-order valence-corrected chi connectivity index (χ1v) is 7.42. The van der Waals surface area contributed by atoms with Gasteiger partial charge in [-0.1, -0.05) is 0 Å². The molecule has 1 amide bonds. The van der Waals surface area contributed by atoms with Gasteiger partial charge in [-0.3, -0.25) is 9.48 Å². The second-order valence-electron chi connectivity index (χ2n) is 5.53. The number of amides is 1. The Bertz CT molecular complexity index is 733. The Kier molecular flexibility index (Phi) is 4.28.